The fourth-order valence-corrected chi connectivity index (χ4v) is 4.36. The molecule has 0 amide bonds. The molecule has 21 heavy (non-hydrogen) atoms. The lowest BCUT2D eigenvalue weighted by Crippen LogP contribution is -2.27. The molecule has 6 nitrogen and oxygen atoms in total. The van der Waals surface area contributed by atoms with Gasteiger partial charge in [-0.2, -0.15) is 0 Å². The molecule has 0 radical (unpaired) electrons. The van der Waals surface area contributed by atoms with E-state index in [4.69, 9.17) is 5.84 Å². The van der Waals surface area contributed by atoms with Crippen LogP contribution in [0.2, 0.25) is 0 Å². The fraction of sp³-hybridized carbons (Fsp3) is 0.308. The zero-order valence-electron chi connectivity index (χ0n) is 12.0. The van der Waals surface area contributed by atoms with Gasteiger partial charge in [-0.15, -0.1) is 11.3 Å². The topological polar surface area (TPSA) is 97.1 Å². The Bertz CT molecular complexity index is 740. The number of sulfonamides is 1. The lowest BCUT2D eigenvalue weighted by atomic mass is 10.1. The molecule has 0 saturated heterocycles. The van der Waals surface area contributed by atoms with Crippen LogP contribution < -0.4 is 16.0 Å². The predicted molar refractivity (Wildman–Crippen MR) is 84.6 cm³/mol. The summed E-state index contributed by atoms with van der Waals surface area (Å²) in [5.74, 6) is 5.55. The van der Waals surface area contributed by atoms with Gasteiger partial charge in [0, 0.05) is 28.1 Å². The largest absolute Gasteiger partial charge is 0.308 e. The first-order valence-corrected chi connectivity index (χ1v) is 8.65. The number of anilines is 1. The Morgan fingerprint density at radius 1 is 1.33 bits per heavy atom. The van der Waals surface area contributed by atoms with Crippen molar-refractivity contribution in [2.45, 2.75) is 31.7 Å². The fourth-order valence-electron chi connectivity index (χ4n) is 2.10. The molecule has 0 aliphatic rings. The molecular formula is C13H18N4O2S2. The molecule has 0 bridgehead atoms. The van der Waals surface area contributed by atoms with Gasteiger partial charge in [0.2, 0.25) is 10.0 Å². The van der Waals surface area contributed by atoms with E-state index in [1.54, 1.807) is 11.3 Å². The molecule has 2 heterocycles. The van der Waals surface area contributed by atoms with E-state index in [2.05, 4.69) is 15.1 Å². The summed E-state index contributed by atoms with van der Waals surface area (Å²) in [5, 5.41) is 0. The van der Waals surface area contributed by atoms with E-state index in [1.807, 2.05) is 26.8 Å². The highest BCUT2D eigenvalue weighted by atomic mass is 32.2. The molecule has 8 heteroatoms. The van der Waals surface area contributed by atoms with Crippen LogP contribution in [-0.4, -0.2) is 13.4 Å². The number of thiophene rings is 1. The summed E-state index contributed by atoms with van der Waals surface area (Å²) in [6, 6.07) is 4.53. The average molecular weight is 326 g/mol. The second-order valence-corrected chi connectivity index (χ2v) is 7.91. The Labute approximate surface area is 128 Å². The van der Waals surface area contributed by atoms with Gasteiger partial charge in [0.1, 0.15) is 5.82 Å². The first-order chi connectivity index (χ1) is 9.83. The summed E-state index contributed by atoms with van der Waals surface area (Å²) in [4.78, 5) is 6.30. The van der Waals surface area contributed by atoms with Gasteiger partial charge in [0.25, 0.3) is 0 Å². The zero-order chi connectivity index (χ0) is 15.6. The van der Waals surface area contributed by atoms with Gasteiger partial charge in [-0.05, 0) is 38.5 Å². The van der Waals surface area contributed by atoms with Crippen molar-refractivity contribution in [3.63, 3.8) is 0 Å². The molecule has 0 aliphatic carbocycles. The predicted octanol–water partition coefficient (Wildman–Crippen LogP) is 2.09. The molecule has 0 saturated carbocycles. The molecule has 1 atom stereocenters. The summed E-state index contributed by atoms with van der Waals surface area (Å²) < 4.78 is 27.5. The highest BCUT2D eigenvalue weighted by Gasteiger charge is 2.20. The Kier molecular flexibility index (Phi) is 4.62. The Balaban J connectivity index is 2.26. The number of hydrogen-bond acceptors (Lipinski definition) is 6. The Morgan fingerprint density at radius 3 is 2.62 bits per heavy atom. The van der Waals surface area contributed by atoms with Crippen LogP contribution in [0.5, 0.6) is 0 Å². The third kappa shape index (κ3) is 3.59. The van der Waals surface area contributed by atoms with Crippen molar-refractivity contribution in [2.24, 2.45) is 5.84 Å². The SMILES string of the molecule is Cc1cc(C(C)NS(=O)(=O)c2ccnc(NN)c2)c(C)s1. The van der Waals surface area contributed by atoms with Crippen molar-refractivity contribution in [2.75, 3.05) is 5.43 Å². The number of pyridine rings is 1. The lowest BCUT2D eigenvalue weighted by Gasteiger charge is -2.14. The third-order valence-corrected chi connectivity index (χ3v) is 5.59. The maximum absolute atomic E-state index is 12.4. The number of nitrogens with two attached hydrogens (primary N) is 1. The molecule has 0 aliphatic heterocycles. The van der Waals surface area contributed by atoms with Crippen LogP contribution in [-0.2, 0) is 10.0 Å². The van der Waals surface area contributed by atoms with Crippen molar-refractivity contribution in [3.8, 4) is 0 Å². The van der Waals surface area contributed by atoms with Crippen LogP contribution in [0, 0.1) is 13.8 Å². The van der Waals surface area contributed by atoms with Crippen molar-refractivity contribution in [3.05, 3.63) is 39.7 Å². The van der Waals surface area contributed by atoms with Gasteiger partial charge in [0.15, 0.2) is 0 Å². The summed E-state index contributed by atoms with van der Waals surface area (Å²) in [7, 11) is -3.63. The van der Waals surface area contributed by atoms with Gasteiger partial charge in [-0.1, -0.05) is 0 Å². The van der Waals surface area contributed by atoms with E-state index < -0.39 is 10.0 Å². The van der Waals surface area contributed by atoms with Crippen LogP contribution in [0.3, 0.4) is 0 Å². The van der Waals surface area contributed by atoms with Crippen molar-refractivity contribution < 1.29 is 8.42 Å². The number of nitrogen functional groups attached to an aromatic ring is 1. The van der Waals surface area contributed by atoms with Crippen LogP contribution in [0.15, 0.2) is 29.3 Å². The molecule has 0 spiro atoms. The molecular weight excluding hydrogens is 308 g/mol. The van der Waals surface area contributed by atoms with Crippen LogP contribution >= 0.6 is 11.3 Å². The first kappa shape index (κ1) is 15.9. The molecule has 0 fully saturated rings. The standard InChI is InChI=1S/C13H18N4O2S2/c1-8-6-12(10(3)20-8)9(2)17-21(18,19)11-4-5-15-13(7-11)16-14/h4-7,9,17H,14H2,1-3H3,(H,15,16). The lowest BCUT2D eigenvalue weighted by molar-refractivity contribution is 0.566. The van der Waals surface area contributed by atoms with Crippen molar-refractivity contribution in [1.29, 1.82) is 0 Å². The summed E-state index contributed by atoms with van der Waals surface area (Å²) in [6.07, 6.45) is 1.40. The van der Waals surface area contributed by atoms with Gasteiger partial charge in [-0.3, -0.25) is 0 Å². The quantitative estimate of drug-likeness (QED) is 0.577. The van der Waals surface area contributed by atoms with Gasteiger partial charge in [0.05, 0.1) is 4.90 Å². The van der Waals surface area contributed by atoms with Crippen molar-refractivity contribution in [1.82, 2.24) is 9.71 Å². The Hall–Kier alpha value is -1.48. The molecule has 2 aromatic rings. The number of aryl methyl sites for hydroxylation is 2. The van der Waals surface area contributed by atoms with E-state index in [9.17, 15) is 8.42 Å². The second-order valence-electron chi connectivity index (χ2n) is 4.73. The smallest absolute Gasteiger partial charge is 0.241 e. The van der Waals surface area contributed by atoms with E-state index in [0.717, 1.165) is 15.3 Å². The van der Waals surface area contributed by atoms with Gasteiger partial charge < -0.3 is 5.43 Å². The molecule has 1 unspecified atom stereocenters. The maximum Gasteiger partial charge on any atom is 0.241 e. The van der Waals surface area contributed by atoms with Crippen LogP contribution in [0.25, 0.3) is 0 Å². The minimum absolute atomic E-state index is 0.127. The van der Waals surface area contributed by atoms with Gasteiger partial charge in [-0.25, -0.2) is 24.0 Å². The molecule has 0 aromatic carbocycles. The molecule has 2 aromatic heterocycles. The molecule has 114 valence electrons. The van der Waals surface area contributed by atoms with Gasteiger partial charge >= 0.3 is 0 Å². The monoisotopic (exact) mass is 326 g/mol. The van der Waals surface area contributed by atoms with E-state index in [-0.39, 0.29) is 10.9 Å². The van der Waals surface area contributed by atoms with E-state index in [0.29, 0.717) is 5.82 Å². The number of rotatable bonds is 5. The van der Waals surface area contributed by atoms with Crippen LogP contribution in [0.1, 0.15) is 28.3 Å². The molecule has 4 N–H and O–H groups in total. The highest BCUT2D eigenvalue weighted by Crippen LogP contribution is 2.27. The normalized spacial score (nSPS) is 13.1. The average Bonchev–Trinajstić information content (AvgIpc) is 2.77. The molecule has 2 rings (SSSR count). The maximum atomic E-state index is 12.4. The number of nitrogens with one attached hydrogen (secondary N) is 2. The number of hydrazine groups is 1. The summed E-state index contributed by atoms with van der Waals surface area (Å²) in [5.41, 5.74) is 3.33. The van der Waals surface area contributed by atoms with Crippen molar-refractivity contribution >= 4 is 27.2 Å². The zero-order valence-corrected chi connectivity index (χ0v) is 13.7. The summed E-state index contributed by atoms with van der Waals surface area (Å²) >= 11 is 1.65. The summed E-state index contributed by atoms with van der Waals surface area (Å²) in [6.45, 7) is 5.82. The second kappa shape index (κ2) is 6.10. The minimum atomic E-state index is -3.63. The minimum Gasteiger partial charge on any atom is -0.308 e. The Morgan fingerprint density at radius 2 is 2.05 bits per heavy atom. The number of aromatic nitrogens is 1. The highest BCUT2D eigenvalue weighted by molar-refractivity contribution is 7.89. The van der Waals surface area contributed by atoms with E-state index in [1.165, 1.54) is 18.3 Å². The van der Waals surface area contributed by atoms with E-state index >= 15 is 0 Å². The number of hydrogen-bond donors (Lipinski definition) is 3. The first-order valence-electron chi connectivity index (χ1n) is 6.35. The van der Waals surface area contributed by atoms with Crippen LogP contribution in [0.4, 0.5) is 5.82 Å². The number of nitrogens with zero attached hydrogens (tertiary/aromatic N) is 1. The third-order valence-electron chi connectivity index (χ3n) is 3.07.